The average molecular weight is 446 g/mol. The van der Waals surface area contributed by atoms with Crippen LogP contribution in [0.25, 0.3) is 5.82 Å². The third-order valence-electron chi connectivity index (χ3n) is 3.50. The Labute approximate surface area is 166 Å². The summed E-state index contributed by atoms with van der Waals surface area (Å²) in [7, 11) is 0. The number of halogens is 2. The van der Waals surface area contributed by atoms with E-state index in [1.165, 1.54) is 24.3 Å². The summed E-state index contributed by atoms with van der Waals surface area (Å²) in [6.07, 6.45) is 3.21. The molecule has 8 nitrogen and oxygen atoms in total. The summed E-state index contributed by atoms with van der Waals surface area (Å²) in [5, 5.41) is 30.5. The normalized spacial score (nSPS) is 10.3. The van der Waals surface area contributed by atoms with Crippen LogP contribution >= 0.6 is 27.5 Å². The monoisotopic (exact) mass is 444 g/mol. The van der Waals surface area contributed by atoms with Crippen LogP contribution in [0.3, 0.4) is 0 Å². The molecule has 0 atom stereocenters. The molecule has 2 heterocycles. The summed E-state index contributed by atoms with van der Waals surface area (Å²) < 4.78 is 1.93. The van der Waals surface area contributed by atoms with E-state index < -0.39 is 11.9 Å². The second-order valence-electron chi connectivity index (χ2n) is 5.25. The molecule has 27 heavy (non-hydrogen) atoms. The van der Waals surface area contributed by atoms with Crippen molar-refractivity contribution >= 4 is 45.1 Å². The van der Waals surface area contributed by atoms with Gasteiger partial charge in [0.05, 0.1) is 22.2 Å². The van der Waals surface area contributed by atoms with Gasteiger partial charge < -0.3 is 19.8 Å². The first-order valence-electron chi connectivity index (χ1n) is 7.33. The Kier molecular flexibility index (Phi) is 5.21. The van der Waals surface area contributed by atoms with E-state index >= 15 is 0 Å². The minimum absolute atomic E-state index is 0.0249. The van der Waals surface area contributed by atoms with E-state index in [1.807, 2.05) is 6.07 Å². The van der Waals surface area contributed by atoms with Crippen molar-refractivity contribution in [3.05, 3.63) is 69.0 Å². The van der Waals surface area contributed by atoms with Crippen molar-refractivity contribution in [1.29, 1.82) is 5.26 Å². The topological polar surface area (TPSA) is 124 Å². The maximum Gasteiger partial charge on any atom is 0.276 e. The van der Waals surface area contributed by atoms with Crippen molar-refractivity contribution in [3.8, 4) is 11.9 Å². The van der Waals surface area contributed by atoms with E-state index in [1.54, 1.807) is 23.0 Å². The first-order valence-corrected chi connectivity index (χ1v) is 8.50. The minimum atomic E-state index is -1.47. The van der Waals surface area contributed by atoms with E-state index in [9.17, 15) is 14.7 Å². The molecule has 10 heteroatoms. The molecule has 0 aliphatic heterocycles. The number of nitrogens with zero attached hydrogens (tertiary/aromatic N) is 4. The van der Waals surface area contributed by atoms with E-state index in [0.29, 0.717) is 15.9 Å². The number of hydrogen-bond donors (Lipinski definition) is 1. The predicted molar refractivity (Wildman–Crippen MR) is 97.5 cm³/mol. The molecule has 134 valence electrons. The van der Waals surface area contributed by atoms with Crippen LogP contribution in [0.1, 0.15) is 26.4 Å². The van der Waals surface area contributed by atoms with Crippen LogP contribution in [0, 0.1) is 11.3 Å². The Morgan fingerprint density at radius 2 is 2.04 bits per heavy atom. The van der Waals surface area contributed by atoms with Crippen LogP contribution < -0.4 is 10.4 Å². The molecule has 1 N–H and O–H groups in total. The molecule has 0 aliphatic carbocycles. The highest BCUT2D eigenvalue weighted by molar-refractivity contribution is 9.10. The zero-order valence-corrected chi connectivity index (χ0v) is 15.7. The van der Waals surface area contributed by atoms with Crippen molar-refractivity contribution < 1.29 is 14.7 Å². The molecular formula is C17H8BrClN5O3-. The summed E-state index contributed by atoms with van der Waals surface area (Å²) in [4.78, 5) is 23.6. The molecule has 1 aromatic carbocycles. The lowest BCUT2D eigenvalue weighted by molar-refractivity contribution is -0.254. The molecule has 0 bridgehead atoms. The summed E-state index contributed by atoms with van der Waals surface area (Å²) in [6.45, 7) is 0. The van der Waals surface area contributed by atoms with Gasteiger partial charge in [0.15, 0.2) is 11.5 Å². The molecule has 2 aromatic heterocycles. The fourth-order valence-electron chi connectivity index (χ4n) is 2.19. The summed E-state index contributed by atoms with van der Waals surface area (Å²) in [5.41, 5.74) is 0.166. The van der Waals surface area contributed by atoms with Gasteiger partial charge in [-0.05, 0) is 46.3 Å². The van der Waals surface area contributed by atoms with Crippen molar-refractivity contribution in [2.24, 2.45) is 0 Å². The largest absolute Gasteiger partial charge is 0.545 e. The Morgan fingerprint density at radius 1 is 1.26 bits per heavy atom. The van der Waals surface area contributed by atoms with Crippen LogP contribution in [0.15, 0.2) is 47.2 Å². The Balaban J connectivity index is 1.84. The number of aromatic nitrogens is 3. The van der Waals surface area contributed by atoms with Gasteiger partial charge in [0.1, 0.15) is 6.07 Å². The minimum Gasteiger partial charge on any atom is -0.545 e. The number of carbonyl (C=O) groups is 2. The van der Waals surface area contributed by atoms with Crippen LogP contribution in [0.4, 0.5) is 5.69 Å². The third kappa shape index (κ3) is 3.97. The van der Waals surface area contributed by atoms with Gasteiger partial charge in [-0.3, -0.25) is 4.79 Å². The molecule has 0 fully saturated rings. The number of anilines is 1. The fraction of sp³-hybridized carbons (Fsp3) is 0. The summed E-state index contributed by atoms with van der Waals surface area (Å²) >= 11 is 9.07. The zero-order valence-electron chi connectivity index (χ0n) is 13.3. The van der Waals surface area contributed by atoms with Crippen molar-refractivity contribution in [2.75, 3.05) is 5.32 Å². The van der Waals surface area contributed by atoms with Gasteiger partial charge in [0.25, 0.3) is 5.91 Å². The molecule has 0 saturated heterocycles. The first kappa shape index (κ1) is 18.6. The lowest BCUT2D eigenvalue weighted by Crippen LogP contribution is -2.25. The van der Waals surface area contributed by atoms with Crippen molar-refractivity contribution in [2.45, 2.75) is 0 Å². The summed E-state index contributed by atoms with van der Waals surface area (Å²) in [6, 6.07) is 9.10. The molecule has 0 saturated carbocycles. The number of carbonyl (C=O) groups excluding carboxylic acids is 2. The highest BCUT2D eigenvalue weighted by Gasteiger charge is 2.14. The third-order valence-corrected chi connectivity index (χ3v) is 4.70. The number of nitrogens with one attached hydrogen (secondary N) is 1. The maximum absolute atomic E-state index is 12.4. The molecule has 3 rings (SSSR count). The van der Waals surface area contributed by atoms with Crippen LogP contribution in [0.5, 0.6) is 0 Å². The molecule has 3 aromatic rings. The molecule has 1 amide bonds. The van der Waals surface area contributed by atoms with E-state index in [4.69, 9.17) is 16.9 Å². The van der Waals surface area contributed by atoms with Crippen LogP contribution in [-0.2, 0) is 0 Å². The quantitative estimate of drug-likeness (QED) is 0.656. The Hall–Kier alpha value is -3.22. The van der Waals surface area contributed by atoms with Crippen molar-refractivity contribution in [3.63, 3.8) is 0 Å². The van der Waals surface area contributed by atoms with Crippen molar-refractivity contribution in [1.82, 2.24) is 14.8 Å². The predicted octanol–water partition coefficient (Wildman–Crippen LogP) is 2.17. The lowest BCUT2D eigenvalue weighted by Gasteiger charge is -2.13. The number of benzene rings is 1. The summed E-state index contributed by atoms with van der Waals surface area (Å²) in [5.74, 6) is -1.72. The molecule has 0 spiro atoms. The lowest BCUT2D eigenvalue weighted by atomic mass is 10.1. The standard InChI is InChI=1S/C17H9BrClN5O3/c18-11-5-10(17(26)27)14(6-12(11)19)21-16(25)13-1-2-15(23-22-13)24-4-3-9(7-20)8-24/h1-6,8H,(H,21,25)(H,26,27)/p-1. The number of carboxylic acids is 1. The highest BCUT2D eigenvalue weighted by atomic mass is 79.9. The molecular weight excluding hydrogens is 438 g/mol. The molecule has 0 unspecified atom stereocenters. The average Bonchev–Trinajstić information content (AvgIpc) is 3.13. The molecule has 0 aliphatic rings. The number of hydrogen-bond acceptors (Lipinski definition) is 6. The Morgan fingerprint density at radius 3 is 2.63 bits per heavy atom. The SMILES string of the molecule is N#Cc1ccn(-c2ccc(C(=O)Nc3cc(Cl)c(Br)cc3C(=O)[O-])nn2)c1. The Bertz CT molecular complexity index is 1090. The highest BCUT2D eigenvalue weighted by Crippen LogP contribution is 2.29. The van der Waals surface area contributed by atoms with E-state index in [0.717, 1.165) is 0 Å². The number of nitriles is 1. The fourth-order valence-corrected chi connectivity index (χ4v) is 2.70. The van der Waals surface area contributed by atoms with Crippen LogP contribution in [0.2, 0.25) is 5.02 Å². The second kappa shape index (κ2) is 7.57. The number of amides is 1. The van der Waals surface area contributed by atoms with Gasteiger partial charge >= 0.3 is 0 Å². The van der Waals surface area contributed by atoms with Gasteiger partial charge in [-0.2, -0.15) is 5.26 Å². The van der Waals surface area contributed by atoms with Gasteiger partial charge in [-0.15, -0.1) is 10.2 Å². The number of aromatic carboxylic acids is 1. The second-order valence-corrected chi connectivity index (χ2v) is 6.51. The maximum atomic E-state index is 12.4. The van der Waals surface area contributed by atoms with E-state index in [-0.39, 0.29) is 22.0 Å². The van der Waals surface area contributed by atoms with Gasteiger partial charge in [-0.1, -0.05) is 11.6 Å². The zero-order chi connectivity index (χ0) is 19.6. The van der Waals surface area contributed by atoms with Crippen LogP contribution in [-0.4, -0.2) is 26.6 Å². The van der Waals surface area contributed by atoms with Gasteiger partial charge in [0.2, 0.25) is 0 Å². The smallest absolute Gasteiger partial charge is 0.276 e. The van der Waals surface area contributed by atoms with E-state index in [2.05, 4.69) is 31.4 Å². The van der Waals surface area contributed by atoms with Gasteiger partial charge in [0, 0.05) is 22.4 Å². The number of carboxylic acid groups (broad SMARTS) is 1. The number of rotatable bonds is 4. The molecule has 0 radical (unpaired) electrons. The first-order chi connectivity index (χ1) is 12.9. The van der Waals surface area contributed by atoms with Gasteiger partial charge in [-0.25, -0.2) is 0 Å².